The summed E-state index contributed by atoms with van der Waals surface area (Å²) in [4.78, 5) is 27.0. The second-order valence-corrected chi connectivity index (χ2v) is 8.11. The summed E-state index contributed by atoms with van der Waals surface area (Å²) in [7, 11) is 0. The lowest BCUT2D eigenvalue weighted by molar-refractivity contribution is -0.142. The van der Waals surface area contributed by atoms with Gasteiger partial charge in [0.25, 0.3) is 5.91 Å². The smallest absolute Gasteiger partial charge is 0.261 e. The molecule has 0 aliphatic rings. The third kappa shape index (κ3) is 6.53. The van der Waals surface area contributed by atoms with E-state index in [0.29, 0.717) is 32.9 Å². The van der Waals surface area contributed by atoms with Crippen molar-refractivity contribution in [3.05, 3.63) is 62.6 Å². The van der Waals surface area contributed by atoms with Crippen LogP contribution in [-0.4, -0.2) is 35.9 Å². The topological polar surface area (TPSA) is 58.6 Å². The maximum atomic E-state index is 13.0. The van der Waals surface area contributed by atoms with Gasteiger partial charge in [-0.05, 0) is 56.2 Å². The first kappa shape index (κ1) is 24.3. The molecule has 30 heavy (non-hydrogen) atoms. The number of benzene rings is 2. The highest BCUT2D eigenvalue weighted by Gasteiger charge is 2.27. The van der Waals surface area contributed by atoms with Crippen LogP contribution >= 0.6 is 34.8 Å². The second-order valence-electron chi connectivity index (χ2n) is 6.89. The molecular formula is C22H25Cl3N2O3. The molecule has 1 N–H and O–H groups in total. The Kier molecular flexibility index (Phi) is 9.28. The minimum atomic E-state index is -0.730. The molecule has 2 aromatic rings. The number of rotatable bonds is 9. The number of nitrogens with zero attached hydrogens (tertiary/aromatic N) is 1. The van der Waals surface area contributed by atoms with Crippen molar-refractivity contribution >= 4 is 46.6 Å². The van der Waals surface area contributed by atoms with Crippen LogP contribution in [-0.2, 0) is 16.1 Å². The van der Waals surface area contributed by atoms with Gasteiger partial charge in [-0.3, -0.25) is 9.59 Å². The molecule has 8 heteroatoms. The monoisotopic (exact) mass is 470 g/mol. The summed E-state index contributed by atoms with van der Waals surface area (Å²) in [5.41, 5.74) is 1.42. The third-order valence-corrected chi connectivity index (χ3v) is 5.73. The number of hydrogen-bond donors (Lipinski definition) is 1. The van der Waals surface area contributed by atoms with Gasteiger partial charge in [0.2, 0.25) is 5.91 Å². The molecule has 0 spiro atoms. The Hall–Kier alpha value is -1.95. The van der Waals surface area contributed by atoms with E-state index in [1.807, 2.05) is 13.8 Å². The van der Waals surface area contributed by atoms with Crippen molar-refractivity contribution in [1.82, 2.24) is 10.2 Å². The van der Waals surface area contributed by atoms with Crippen molar-refractivity contribution in [3.8, 4) is 5.75 Å². The fraction of sp³-hybridized carbons (Fsp3) is 0.364. The van der Waals surface area contributed by atoms with Crippen molar-refractivity contribution in [2.45, 2.75) is 39.8 Å². The number of carbonyl (C=O) groups is 2. The minimum Gasteiger partial charge on any atom is -0.484 e. The van der Waals surface area contributed by atoms with Crippen LogP contribution < -0.4 is 10.1 Å². The van der Waals surface area contributed by atoms with Crippen LogP contribution in [0, 0.1) is 6.92 Å². The Morgan fingerprint density at radius 3 is 2.37 bits per heavy atom. The van der Waals surface area contributed by atoms with Crippen molar-refractivity contribution in [2.75, 3.05) is 13.2 Å². The van der Waals surface area contributed by atoms with Gasteiger partial charge in [0.1, 0.15) is 11.8 Å². The van der Waals surface area contributed by atoms with Crippen LogP contribution in [0.15, 0.2) is 36.4 Å². The van der Waals surface area contributed by atoms with Crippen LogP contribution in [0.25, 0.3) is 0 Å². The molecule has 0 radical (unpaired) electrons. The molecule has 0 bridgehead atoms. The number of nitrogens with one attached hydrogen (secondary N) is 1. The molecule has 2 aromatic carbocycles. The molecule has 1 atom stereocenters. The largest absolute Gasteiger partial charge is 0.484 e. The molecule has 5 nitrogen and oxygen atoms in total. The van der Waals surface area contributed by atoms with Crippen LogP contribution in [0.2, 0.25) is 15.1 Å². The molecule has 0 aromatic heterocycles. The molecule has 0 unspecified atom stereocenters. The summed E-state index contributed by atoms with van der Waals surface area (Å²) in [5, 5.41) is 4.28. The highest BCUT2D eigenvalue weighted by molar-refractivity contribution is 6.36. The lowest BCUT2D eigenvalue weighted by Gasteiger charge is -2.29. The predicted molar refractivity (Wildman–Crippen MR) is 121 cm³/mol. The average molecular weight is 472 g/mol. The van der Waals surface area contributed by atoms with E-state index < -0.39 is 6.04 Å². The van der Waals surface area contributed by atoms with Gasteiger partial charge in [-0.15, -0.1) is 0 Å². The highest BCUT2D eigenvalue weighted by Crippen LogP contribution is 2.27. The van der Waals surface area contributed by atoms with Gasteiger partial charge in [-0.25, -0.2) is 0 Å². The molecule has 2 amide bonds. The summed E-state index contributed by atoms with van der Waals surface area (Å²) in [6, 6.07) is 9.53. The first-order valence-electron chi connectivity index (χ1n) is 9.63. The van der Waals surface area contributed by atoms with Gasteiger partial charge in [-0.2, -0.15) is 0 Å². The average Bonchev–Trinajstić information content (AvgIpc) is 2.72. The fourth-order valence-corrected chi connectivity index (χ4v) is 3.40. The minimum absolute atomic E-state index is 0.0844. The van der Waals surface area contributed by atoms with Crippen LogP contribution in [0.1, 0.15) is 31.4 Å². The summed E-state index contributed by atoms with van der Waals surface area (Å²) >= 11 is 18.6. The number of halogens is 3. The molecule has 162 valence electrons. The number of aryl methyl sites for hydroxylation is 1. The summed E-state index contributed by atoms with van der Waals surface area (Å²) in [6.45, 7) is 5.84. The number of hydrogen-bond acceptors (Lipinski definition) is 3. The first-order chi connectivity index (χ1) is 14.2. The van der Waals surface area contributed by atoms with Gasteiger partial charge in [0.05, 0.1) is 0 Å². The van der Waals surface area contributed by atoms with E-state index in [1.54, 1.807) is 43.3 Å². The molecule has 0 heterocycles. The summed E-state index contributed by atoms with van der Waals surface area (Å²) in [5.74, 6) is -0.0995. The van der Waals surface area contributed by atoms with E-state index in [2.05, 4.69) is 5.32 Å². The zero-order chi connectivity index (χ0) is 22.3. The Bertz CT molecular complexity index is 885. The van der Waals surface area contributed by atoms with Crippen molar-refractivity contribution in [3.63, 3.8) is 0 Å². The van der Waals surface area contributed by atoms with E-state index in [-0.39, 0.29) is 25.0 Å². The van der Waals surface area contributed by atoms with Crippen molar-refractivity contribution < 1.29 is 14.3 Å². The zero-order valence-electron chi connectivity index (χ0n) is 17.2. The van der Waals surface area contributed by atoms with Crippen LogP contribution in [0.5, 0.6) is 5.75 Å². The molecule has 0 saturated heterocycles. The Balaban J connectivity index is 2.21. The highest BCUT2D eigenvalue weighted by atomic mass is 35.5. The van der Waals surface area contributed by atoms with Gasteiger partial charge in [-0.1, -0.05) is 47.8 Å². The van der Waals surface area contributed by atoms with Crippen LogP contribution in [0.4, 0.5) is 0 Å². The molecule has 2 rings (SSSR count). The maximum Gasteiger partial charge on any atom is 0.261 e. The van der Waals surface area contributed by atoms with Gasteiger partial charge >= 0.3 is 0 Å². The van der Waals surface area contributed by atoms with Gasteiger partial charge in [0, 0.05) is 33.7 Å². The molecule has 0 aliphatic carbocycles. The quantitative estimate of drug-likeness (QED) is 0.541. The van der Waals surface area contributed by atoms with E-state index in [0.717, 1.165) is 12.0 Å². The summed E-state index contributed by atoms with van der Waals surface area (Å²) in [6.07, 6.45) is 0.793. The predicted octanol–water partition coefficient (Wildman–Crippen LogP) is 5.28. The molecule has 0 fully saturated rings. The lowest BCUT2D eigenvalue weighted by Crippen LogP contribution is -2.49. The standard InChI is InChI=1S/C22H25Cl3N2O3/c1-4-10-26-22(29)15(3)27(12-17-19(24)6-5-7-20(17)25)21(28)13-30-16-8-9-18(23)14(2)11-16/h5-9,11,15H,4,10,12-13H2,1-3H3,(H,26,29)/t15-/m1/s1. The Morgan fingerprint density at radius 2 is 1.77 bits per heavy atom. The van der Waals surface area contributed by atoms with E-state index in [9.17, 15) is 9.59 Å². The molecule has 0 saturated carbocycles. The third-order valence-electron chi connectivity index (χ3n) is 4.60. The maximum absolute atomic E-state index is 13.0. The van der Waals surface area contributed by atoms with Crippen molar-refractivity contribution in [1.29, 1.82) is 0 Å². The molecule has 0 aliphatic heterocycles. The normalized spacial score (nSPS) is 11.7. The second kappa shape index (κ2) is 11.4. The van der Waals surface area contributed by atoms with E-state index >= 15 is 0 Å². The van der Waals surface area contributed by atoms with Crippen molar-refractivity contribution in [2.24, 2.45) is 0 Å². The van der Waals surface area contributed by atoms with Gasteiger partial charge < -0.3 is 15.0 Å². The lowest BCUT2D eigenvalue weighted by atomic mass is 10.1. The van der Waals surface area contributed by atoms with Crippen LogP contribution in [0.3, 0.4) is 0 Å². The molecular weight excluding hydrogens is 447 g/mol. The number of amides is 2. The zero-order valence-corrected chi connectivity index (χ0v) is 19.4. The van der Waals surface area contributed by atoms with E-state index in [1.165, 1.54) is 4.90 Å². The SMILES string of the molecule is CCCNC(=O)[C@@H](C)N(Cc1c(Cl)cccc1Cl)C(=O)COc1ccc(Cl)c(C)c1. The summed E-state index contributed by atoms with van der Waals surface area (Å²) < 4.78 is 5.65. The first-order valence-corrected chi connectivity index (χ1v) is 10.8. The van der Waals surface area contributed by atoms with E-state index in [4.69, 9.17) is 39.5 Å². The number of ether oxygens (including phenoxy) is 1. The van der Waals surface area contributed by atoms with Gasteiger partial charge in [0.15, 0.2) is 6.61 Å². The Labute approximate surface area is 192 Å². The fourth-order valence-electron chi connectivity index (χ4n) is 2.77. The Morgan fingerprint density at radius 1 is 1.10 bits per heavy atom. The number of carbonyl (C=O) groups excluding carboxylic acids is 2.